The van der Waals surface area contributed by atoms with Crippen molar-refractivity contribution in [2.45, 2.75) is 6.92 Å². The number of pyridine rings is 1. The minimum Gasteiger partial charge on any atom is -0.369 e. The molecule has 0 aliphatic rings. The van der Waals surface area contributed by atoms with Crippen molar-refractivity contribution in [2.24, 2.45) is 0 Å². The van der Waals surface area contributed by atoms with E-state index in [0.717, 1.165) is 6.07 Å². The number of rotatable bonds is 4. The lowest BCUT2D eigenvalue weighted by Crippen LogP contribution is -2.13. The maximum absolute atomic E-state index is 13.2. The number of nitrogens with one attached hydrogen (secondary N) is 2. The van der Waals surface area contributed by atoms with Crippen molar-refractivity contribution in [1.82, 2.24) is 4.98 Å². The molecular weight excluding hydrogens is 316 g/mol. The van der Waals surface area contributed by atoms with Crippen LogP contribution in [-0.2, 0) is 0 Å². The van der Waals surface area contributed by atoms with Crippen molar-refractivity contribution < 1.29 is 9.18 Å². The number of aromatic nitrogens is 1. The van der Waals surface area contributed by atoms with Gasteiger partial charge in [-0.25, -0.2) is 9.37 Å². The molecular formula is C14H12Cl2FN3O. The van der Waals surface area contributed by atoms with Gasteiger partial charge in [-0.3, -0.25) is 4.79 Å². The van der Waals surface area contributed by atoms with Gasteiger partial charge in [0.05, 0.1) is 21.3 Å². The van der Waals surface area contributed by atoms with E-state index >= 15 is 0 Å². The Morgan fingerprint density at radius 3 is 2.71 bits per heavy atom. The molecule has 0 saturated carbocycles. The van der Waals surface area contributed by atoms with Crippen molar-refractivity contribution in [3.05, 3.63) is 51.9 Å². The third kappa shape index (κ3) is 3.83. The minimum atomic E-state index is -0.492. The molecule has 1 amide bonds. The summed E-state index contributed by atoms with van der Waals surface area (Å²) in [6.45, 7) is 2.57. The van der Waals surface area contributed by atoms with Crippen LogP contribution in [0.1, 0.15) is 17.3 Å². The van der Waals surface area contributed by atoms with Gasteiger partial charge in [0.1, 0.15) is 11.6 Å². The Morgan fingerprint density at radius 2 is 2.05 bits per heavy atom. The fraction of sp³-hybridized carbons (Fsp3) is 0.143. The SMILES string of the molecule is CCNc1ncc(C(=O)Nc2cc(F)ccc2Cl)cc1Cl. The van der Waals surface area contributed by atoms with Crippen molar-refractivity contribution >= 4 is 40.6 Å². The van der Waals surface area contributed by atoms with Gasteiger partial charge in [0, 0.05) is 12.7 Å². The highest BCUT2D eigenvalue weighted by atomic mass is 35.5. The quantitative estimate of drug-likeness (QED) is 0.884. The van der Waals surface area contributed by atoms with Gasteiger partial charge >= 0.3 is 0 Å². The molecule has 4 nitrogen and oxygen atoms in total. The Labute approximate surface area is 131 Å². The van der Waals surface area contributed by atoms with Gasteiger partial charge in [-0.15, -0.1) is 0 Å². The zero-order chi connectivity index (χ0) is 15.4. The van der Waals surface area contributed by atoms with Gasteiger partial charge in [-0.2, -0.15) is 0 Å². The van der Waals surface area contributed by atoms with E-state index in [1.54, 1.807) is 0 Å². The lowest BCUT2D eigenvalue weighted by molar-refractivity contribution is 0.102. The smallest absolute Gasteiger partial charge is 0.257 e. The zero-order valence-electron chi connectivity index (χ0n) is 11.1. The number of anilines is 2. The average Bonchev–Trinajstić information content (AvgIpc) is 2.45. The molecule has 0 atom stereocenters. The van der Waals surface area contributed by atoms with E-state index in [1.165, 1.54) is 24.4 Å². The largest absolute Gasteiger partial charge is 0.369 e. The molecule has 2 N–H and O–H groups in total. The highest BCUT2D eigenvalue weighted by Gasteiger charge is 2.12. The van der Waals surface area contributed by atoms with Crippen LogP contribution < -0.4 is 10.6 Å². The van der Waals surface area contributed by atoms with Crippen LogP contribution in [0.3, 0.4) is 0 Å². The van der Waals surface area contributed by atoms with Gasteiger partial charge in [-0.05, 0) is 31.2 Å². The molecule has 0 unspecified atom stereocenters. The number of hydrogen-bond acceptors (Lipinski definition) is 3. The van der Waals surface area contributed by atoms with E-state index in [4.69, 9.17) is 23.2 Å². The van der Waals surface area contributed by atoms with Crippen LogP contribution in [0.5, 0.6) is 0 Å². The maximum Gasteiger partial charge on any atom is 0.257 e. The van der Waals surface area contributed by atoms with Crippen molar-refractivity contribution in [3.63, 3.8) is 0 Å². The van der Waals surface area contributed by atoms with Crippen LogP contribution in [0, 0.1) is 5.82 Å². The Hall–Kier alpha value is -1.85. The number of hydrogen-bond donors (Lipinski definition) is 2. The predicted octanol–water partition coefficient (Wildman–Crippen LogP) is 4.21. The topological polar surface area (TPSA) is 54.0 Å². The van der Waals surface area contributed by atoms with Crippen LogP contribution in [0.2, 0.25) is 10.0 Å². The van der Waals surface area contributed by atoms with E-state index in [1.807, 2.05) is 6.92 Å². The molecule has 1 heterocycles. The number of carbonyl (C=O) groups is 1. The summed E-state index contributed by atoms with van der Waals surface area (Å²) in [5.74, 6) is -0.465. The summed E-state index contributed by atoms with van der Waals surface area (Å²) < 4.78 is 13.2. The Kier molecular flexibility index (Phi) is 4.98. The van der Waals surface area contributed by atoms with Crippen LogP contribution in [0.4, 0.5) is 15.9 Å². The first kappa shape index (κ1) is 15.5. The summed E-state index contributed by atoms with van der Waals surface area (Å²) in [5.41, 5.74) is 0.440. The second kappa shape index (κ2) is 6.74. The number of nitrogens with zero attached hydrogens (tertiary/aromatic N) is 1. The second-order valence-electron chi connectivity index (χ2n) is 4.16. The lowest BCUT2D eigenvalue weighted by atomic mass is 10.2. The molecule has 0 bridgehead atoms. The van der Waals surface area contributed by atoms with E-state index in [0.29, 0.717) is 17.4 Å². The molecule has 2 rings (SSSR count). The lowest BCUT2D eigenvalue weighted by Gasteiger charge is -2.09. The average molecular weight is 328 g/mol. The molecule has 0 aliphatic carbocycles. The monoisotopic (exact) mass is 327 g/mol. The first-order valence-electron chi connectivity index (χ1n) is 6.17. The summed E-state index contributed by atoms with van der Waals surface area (Å²) in [6.07, 6.45) is 1.38. The molecule has 2 aromatic rings. The Morgan fingerprint density at radius 1 is 1.29 bits per heavy atom. The predicted molar refractivity (Wildman–Crippen MR) is 82.8 cm³/mol. The van der Waals surface area contributed by atoms with E-state index < -0.39 is 11.7 Å². The molecule has 7 heteroatoms. The standard InChI is InChI=1S/C14H12Cl2FN3O/c1-2-18-13-11(16)5-8(7-19-13)14(21)20-12-6-9(17)3-4-10(12)15/h3-7H,2H2,1H3,(H,18,19)(H,20,21). The molecule has 110 valence electrons. The highest BCUT2D eigenvalue weighted by molar-refractivity contribution is 6.34. The number of benzene rings is 1. The first-order chi connectivity index (χ1) is 10.0. The Bertz CT molecular complexity index is 679. The molecule has 1 aromatic carbocycles. The van der Waals surface area contributed by atoms with E-state index in [9.17, 15) is 9.18 Å². The van der Waals surface area contributed by atoms with Crippen LogP contribution in [-0.4, -0.2) is 17.4 Å². The van der Waals surface area contributed by atoms with Crippen molar-refractivity contribution in [3.8, 4) is 0 Å². The van der Waals surface area contributed by atoms with Gasteiger partial charge in [0.15, 0.2) is 0 Å². The van der Waals surface area contributed by atoms with Crippen molar-refractivity contribution in [1.29, 1.82) is 0 Å². The first-order valence-corrected chi connectivity index (χ1v) is 6.92. The van der Waals surface area contributed by atoms with Crippen LogP contribution in [0.25, 0.3) is 0 Å². The van der Waals surface area contributed by atoms with Crippen LogP contribution in [0.15, 0.2) is 30.5 Å². The number of carbonyl (C=O) groups excluding carboxylic acids is 1. The molecule has 0 radical (unpaired) electrons. The minimum absolute atomic E-state index is 0.188. The molecule has 0 spiro atoms. The Balaban J connectivity index is 2.20. The summed E-state index contributed by atoms with van der Waals surface area (Å²) >= 11 is 11.9. The number of amides is 1. The summed E-state index contributed by atoms with van der Waals surface area (Å²) in [7, 11) is 0. The third-order valence-corrected chi connectivity index (χ3v) is 3.24. The summed E-state index contributed by atoms with van der Waals surface area (Å²) in [5, 5.41) is 6.05. The van der Waals surface area contributed by atoms with Crippen molar-refractivity contribution in [2.75, 3.05) is 17.2 Å². The fourth-order valence-electron chi connectivity index (χ4n) is 1.65. The zero-order valence-corrected chi connectivity index (χ0v) is 12.6. The normalized spacial score (nSPS) is 10.3. The van der Waals surface area contributed by atoms with Crippen LogP contribution >= 0.6 is 23.2 Å². The van der Waals surface area contributed by atoms with Gasteiger partial charge in [0.25, 0.3) is 5.91 Å². The van der Waals surface area contributed by atoms with Gasteiger partial charge in [0.2, 0.25) is 0 Å². The molecule has 1 aromatic heterocycles. The summed E-state index contributed by atoms with van der Waals surface area (Å²) in [4.78, 5) is 16.1. The summed E-state index contributed by atoms with van der Waals surface area (Å²) in [6, 6.07) is 5.20. The highest BCUT2D eigenvalue weighted by Crippen LogP contribution is 2.24. The maximum atomic E-state index is 13.2. The number of halogens is 3. The molecule has 0 saturated heterocycles. The van der Waals surface area contributed by atoms with Gasteiger partial charge in [-0.1, -0.05) is 23.2 Å². The molecule has 0 aliphatic heterocycles. The third-order valence-electron chi connectivity index (χ3n) is 2.62. The molecule has 21 heavy (non-hydrogen) atoms. The van der Waals surface area contributed by atoms with E-state index in [2.05, 4.69) is 15.6 Å². The molecule has 0 fully saturated rings. The second-order valence-corrected chi connectivity index (χ2v) is 4.98. The van der Waals surface area contributed by atoms with E-state index in [-0.39, 0.29) is 16.3 Å². The van der Waals surface area contributed by atoms with Gasteiger partial charge < -0.3 is 10.6 Å². The fourth-order valence-corrected chi connectivity index (χ4v) is 2.05.